The third-order valence-electron chi connectivity index (χ3n) is 4.56. The van der Waals surface area contributed by atoms with Gasteiger partial charge >= 0.3 is 25.3 Å². The van der Waals surface area contributed by atoms with E-state index in [-0.39, 0.29) is 12.5 Å². The van der Waals surface area contributed by atoms with Gasteiger partial charge in [0.05, 0.1) is 12.5 Å². The molecule has 0 spiro atoms. The molecule has 0 saturated carbocycles. The summed E-state index contributed by atoms with van der Waals surface area (Å²) in [5.41, 5.74) is -0.531. The Balaban J connectivity index is 1.71. The summed E-state index contributed by atoms with van der Waals surface area (Å²) in [5.74, 6) is -4.48. The molecule has 0 aromatic carbocycles. The molecule has 0 bridgehead atoms. The predicted molar refractivity (Wildman–Crippen MR) is 98.9 cm³/mol. The van der Waals surface area contributed by atoms with Crippen LogP contribution in [0, 0.1) is 12.8 Å². The summed E-state index contributed by atoms with van der Waals surface area (Å²) >= 11 is 0. The van der Waals surface area contributed by atoms with Crippen molar-refractivity contribution in [2.24, 2.45) is 5.92 Å². The summed E-state index contributed by atoms with van der Waals surface area (Å²) in [4.78, 5) is 27.2. The van der Waals surface area contributed by atoms with E-state index in [0.29, 0.717) is 10.3 Å². The van der Waals surface area contributed by atoms with Gasteiger partial charge in [-0.05, 0) is 19.9 Å². The molecular formula is C17H24F2N3O7P. The van der Waals surface area contributed by atoms with Gasteiger partial charge in [0.25, 0.3) is 0 Å². The first kappa shape index (κ1) is 23.0. The van der Waals surface area contributed by atoms with Crippen LogP contribution in [0.5, 0.6) is 0 Å². The first-order valence-corrected chi connectivity index (χ1v) is 10.9. The van der Waals surface area contributed by atoms with E-state index in [9.17, 15) is 14.2 Å². The Morgan fingerprint density at radius 2 is 2.17 bits per heavy atom. The fourth-order valence-corrected chi connectivity index (χ4v) is 4.74. The van der Waals surface area contributed by atoms with Crippen LogP contribution in [0.25, 0.3) is 0 Å². The second-order valence-electron chi connectivity index (χ2n) is 7.59. The number of esters is 1. The molecule has 0 aliphatic carbocycles. The number of nitrogens with zero attached hydrogens (tertiary/aromatic N) is 2. The van der Waals surface area contributed by atoms with Gasteiger partial charge in [0.1, 0.15) is 12.7 Å². The zero-order valence-corrected chi connectivity index (χ0v) is 17.8. The Bertz CT molecular complexity index is 910. The van der Waals surface area contributed by atoms with Crippen molar-refractivity contribution in [1.29, 1.82) is 0 Å². The van der Waals surface area contributed by atoms with Crippen molar-refractivity contribution < 1.29 is 36.7 Å². The number of alkyl halides is 2. The van der Waals surface area contributed by atoms with Crippen LogP contribution in [0.1, 0.15) is 32.7 Å². The van der Waals surface area contributed by atoms with Gasteiger partial charge < -0.3 is 9.47 Å². The van der Waals surface area contributed by atoms with Gasteiger partial charge in [-0.3, -0.25) is 18.4 Å². The maximum Gasteiger partial charge on any atom is 0.406 e. The highest BCUT2D eigenvalue weighted by molar-refractivity contribution is 7.51. The summed E-state index contributed by atoms with van der Waals surface area (Å²) < 4.78 is 64.2. The second kappa shape index (κ2) is 8.43. The van der Waals surface area contributed by atoms with Crippen molar-refractivity contribution in [1.82, 2.24) is 14.6 Å². The number of fused-ring (bicyclic) bond motifs is 1. The van der Waals surface area contributed by atoms with Gasteiger partial charge in [-0.1, -0.05) is 13.8 Å². The molecule has 1 aromatic heterocycles. The summed E-state index contributed by atoms with van der Waals surface area (Å²) in [6.07, 6.45) is -3.97. The lowest BCUT2D eigenvalue weighted by atomic mass is 10.1. The number of aryl methyl sites for hydroxylation is 1. The summed E-state index contributed by atoms with van der Waals surface area (Å²) in [5, 5.41) is 2.48. The Hall–Kier alpha value is -1.72. The summed E-state index contributed by atoms with van der Waals surface area (Å²) in [6, 6.07) is 0.706. The van der Waals surface area contributed by atoms with E-state index in [1.165, 1.54) is 13.0 Å². The van der Waals surface area contributed by atoms with E-state index in [2.05, 4.69) is 10.1 Å². The van der Waals surface area contributed by atoms with Crippen LogP contribution in [0.3, 0.4) is 0 Å². The van der Waals surface area contributed by atoms with Crippen molar-refractivity contribution >= 4 is 13.7 Å². The molecule has 5 atom stereocenters. The number of aromatic nitrogens is 2. The van der Waals surface area contributed by atoms with Crippen molar-refractivity contribution in [3.05, 3.63) is 28.4 Å². The smallest absolute Gasteiger partial charge is 0.406 e. The van der Waals surface area contributed by atoms with Crippen LogP contribution in [-0.4, -0.2) is 52.9 Å². The zero-order valence-electron chi connectivity index (χ0n) is 16.9. The third-order valence-corrected chi connectivity index (χ3v) is 6.31. The molecule has 10 nitrogen and oxygen atoms in total. The number of carbonyl (C=O) groups is 1. The van der Waals surface area contributed by atoms with Gasteiger partial charge in [-0.25, -0.2) is 14.4 Å². The van der Waals surface area contributed by atoms with Crippen molar-refractivity contribution in [3.8, 4) is 0 Å². The minimum atomic E-state index is -4.15. The van der Waals surface area contributed by atoms with Crippen LogP contribution in [-0.2, 0) is 27.9 Å². The molecule has 0 amide bonds. The Labute approximate surface area is 171 Å². The van der Waals surface area contributed by atoms with Gasteiger partial charge in [-0.15, -0.1) is 0 Å². The average Bonchev–Trinajstić information content (AvgIpc) is 2.89. The van der Waals surface area contributed by atoms with Crippen LogP contribution in [0.15, 0.2) is 17.1 Å². The van der Waals surface area contributed by atoms with E-state index in [0.717, 1.165) is 6.20 Å². The Morgan fingerprint density at radius 3 is 2.80 bits per heavy atom. The first-order valence-electron chi connectivity index (χ1n) is 9.39. The predicted octanol–water partition coefficient (Wildman–Crippen LogP) is 1.79. The maximum absolute atomic E-state index is 15.0. The lowest BCUT2D eigenvalue weighted by Crippen LogP contribution is -2.47. The van der Waals surface area contributed by atoms with Crippen LogP contribution >= 0.6 is 7.75 Å². The molecule has 1 N–H and O–H groups in total. The fourth-order valence-electron chi connectivity index (χ4n) is 3.01. The lowest BCUT2D eigenvalue weighted by Gasteiger charge is -2.33. The molecule has 1 unspecified atom stereocenters. The largest absolute Gasteiger partial charge is 0.464 e. The number of carbonyl (C=O) groups excluding carboxylic acids is 1. The highest BCUT2D eigenvalue weighted by Gasteiger charge is 2.65. The molecule has 2 aliphatic heterocycles. The van der Waals surface area contributed by atoms with Gasteiger partial charge in [-0.2, -0.15) is 13.8 Å². The van der Waals surface area contributed by atoms with Crippen LogP contribution in [0.2, 0.25) is 0 Å². The standard InChI is InChI=1S/C17H24F2N3O7P/c1-9(2)14(23)26-7-11(4)21-30(25)27-8-12-13(29-30)17(18,19)15(28-12)22-6-5-10(3)20-16(22)24/h5-6,9,11-13,15H,7-8H2,1-4H3,(H,21,25)/t11-,12-,13-,15-,30?/m1/s1. The molecule has 168 valence electrons. The molecule has 30 heavy (non-hydrogen) atoms. The molecule has 2 saturated heterocycles. The number of rotatable bonds is 6. The van der Waals surface area contributed by atoms with Crippen LogP contribution in [0.4, 0.5) is 8.78 Å². The van der Waals surface area contributed by atoms with E-state index in [1.807, 2.05) is 0 Å². The van der Waals surface area contributed by atoms with Gasteiger partial charge in [0.15, 0.2) is 6.10 Å². The zero-order chi connectivity index (χ0) is 22.3. The van der Waals surface area contributed by atoms with E-state index < -0.39 is 56.4 Å². The van der Waals surface area contributed by atoms with Gasteiger partial charge in [0, 0.05) is 17.9 Å². The molecule has 1 aromatic rings. The van der Waals surface area contributed by atoms with Crippen molar-refractivity contribution in [2.75, 3.05) is 13.2 Å². The number of hydrogen-bond acceptors (Lipinski definition) is 8. The number of ether oxygens (including phenoxy) is 2. The lowest BCUT2D eigenvalue weighted by molar-refractivity contribution is -0.147. The van der Waals surface area contributed by atoms with E-state index in [1.54, 1.807) is 20.8 Å². The third kappa shape index (κ3) is 4.62. The van der Waals surface area contributed by atoms with E-state index in [4.69, 9.17) is 18.5 Å². The number of halogens is 2. The topological polar surface area (TPSA) is 118 Å². The molecule has 3 heterocycles. The summed E-state index contributed by atoms with van der Waals surface area (Å²) in [7, 11) is -4.15. The second-order valence-corrected chi connectivity index (χ2v) is 9.32. The van der Waals surface area contributed by atoms with Gasteiger partial charge in [0.2, 0.25) is 6.23 Å². The Morgan fingerprint density at radius 1 is 1.47 bits per heavy atom. The molecule has 2 aliphatic rings. The molecule has 2 fully saturated rings. The number of hydrogen-bond donors (Lipinski definition) is 1. The molecule has 0 radical (unpaired) electrons. The molecule has 3 rings (SSSR count). The van der Waals surface area contributed by atoms with Crippen LogP contribution < -0.4 is 10.8 Å². The highest BCUT2D eigenvalue weighted by Crippen LogP contribution is 2.57. The van der Waals surface area contributed by atoms with Crippen molar-refractivity contribution in [2.45, 2.75) is 58.1 Å². The Kier molecular flexibility index (Phi) is 6.45. The SMILES string of the molecule is Cc1ccn([C@@H]2O[C@@H]3COP(=O)(N[C@H](C)COC(=O)C(C)C)O[C@H]3C2(F)F)c(=O)n1. The molecular weight excluding hydrogens is 427 g/mol. The monoisotopic (exact) mass is 451 g/mol. The summed E-state index contributed by atoms with van der Waals surface area (Å²) in [6.45, 7) is 5.82. The minimum absolute atomic E-state index is 0.151. The van der Waals surface area contributed by atoms with E-state index >= 15 is 8.78 Å². The quantitative estimate of drug-likeness (QED) is 0.510. The normalized spacial score (nSPS) is 31.4. The maximum atomic E-state index is 15.0. The average molecular weight is 451 g/mol. The highest BCUT2D eigenvalue weighted by atomic mass is 31.2. The first-order chi connectivity index (χ1) is 13.9. The molecule has 13 heteroatoms. The number of nitrogens with one attached hydrogen (secondary N) is 1. The fraction of sp³-hybridized carbons (Fsp3) is 0.706. The van der Waals surface area contributed by atoms with Crippen molar-refractivity contribution in [3.63, 3.8) is 0 Å². The minimum Gasteiger partial charge on any atom is -0.464 e.